The summed E-state index contributed by atoms with van der Waals surface area (Å²) >= 11 is 0. The van der Waals surface area contributed by atoms with Crippen LogP contribution in [0.2, 0.25) is 0 Å². The molecule has 3 heteroatoms. The highest BCUT2D eigenvalue weighted by atomic mass is 16.3. The van der Waals surface area contributed by atoms with Crippen molar-refractivity contribution < 1.29 is 5.11 Å². The van der Waals surface area contributed by atoms with Gasteiger partial charge in [-0.2, -0.15) is 0 Å². The number of anilines is 1. The van der Waals surface area contributed by atoms with Crippen LogP contribution in [0.5, 0.6) is 0 Å². The highest BCUT2D eigenvalue weighted by Crippen LogP contribution is 2.26. The van der Waals surface area contributed by atoms with Gasteiger partial charge in [0, 0.05) is 31.4 Å². The highest BCUT2D eigenvalue weighted by molar-refractivity contribution is 5.50. The van der Waals surface area contributed by atoms with Crippen molar-refractivity contribution in [3.63, 3.8) is 0 Å². The molecule has 1 saturated heterocycles. The van der Waals surface area contributed by atoms with E-state index in [-0.39, 0.29) is 6.61 Å². The first-order valence-corrected chi connectivity index (χ1v) is 6.51. The molecule has 1 atom stereocenters. The predicted molar refractivity (Wildman–Crippen MR) is 71.0 cm³/mol. The van der Waals surface area contributed by atoms with Gasteiger partial charge in [0.1, 0.15) is 0 Å². The Bertz CT molecular complexity index is 352. The maximum absolute atomic E-state index is 9.14. The molecule has 0 saturated carbocycles. The van der Waals surface area contributed by atoms with Gasteiger partial charge in [0.2, 0.25) is 0 Å². The highest BCUT2D eigenvalue weighted by Gasteiger charge is 2.21. The van der Waals surface area contributed by atoms with Crippen LogP contribution < -0.4 is 10.6 Å². The molecule has 94 valence electrons. The zero-order chi connectivity index (χ0) is 12.1. The third-order valence-corrected chi connectivity index (χ3v) is 3.57. The molecule has 2 rings (SSSR count). The van der Waals surface area contributed by atoms with Crippen LogP contribution in [-0.4, -0.2) is 24.3 Å². The Morgan fingerprint density at radius 3 is 3.00 bits per heavy atom. The number of aliphatic hydroxyl groups is 1. The van der Waals surface area contributed by atoms with E-state index in [4.69, 9.17) is 10.8 Å². The molecule has 17 heavy (non-hydrogen) atoms. The van der Waals surface area contributed by atoms with Gasteiger partial charge in [-0.05, 0) is 43.4 Å². The minimum atomic E-state index is 0.276. The first-order chi connectivity index (χ1) is 8.35. The molecule has 1 aromatic rings. The summed E-state index contributed by atoms with van der Waals surface area (Å²) in [6, 6.07) is 8.95. The molecular formula is C14H22N2O. The second-order valence-corrected chi connectivity index (χ2v) is 4.73. The predicted octanol–water partition coefficient (Wildman–Crippen LogP) is 1.89. The van der Waals surface area contributed by atoms with Crippen molar-refractivity contribution in [1.82, 2.24) is 0 Å². The molecule has 1 aromatic carbocycles. The quantitative estimate of drug-likeness (QED) is 0.836. The van der Waals surface area contributed by atoms with Crippen LogP contribution in [0.4, 0.5) is 5.69 Å². The van der Waals surface area contributed by atoms with Crippen molar-refractivity contribution in [3.05, 3.63) is 29.8 Å². The van der Waals surface area contributed by atoms with Crippen LogP contribution >= 0.6 is 0 Å². The summed E-state index contributed by atoms with van der Waals surface area (Å²) in [4.78, 5) is 2.43. The zero-order valence-electron chi connectivity index (χ0n) is 10.3. The van der Waals surface area contributed by atoms with E-state index in [9.17, 15) is 0 Å². The SMILES string of the molecule is NCc1cccc(N2CCCCC2CCO)c1. The fourth-order valence-corrected chi connectivity index (χ4v) is 2.65. The Labute approximate surface area is 103 Å². The number of aliphatic hydroxyl groups excluding tert-OH is 1. The molecule has 1 aliphatic heterocycles. The number of benzene rings is 1. The average molecular weight is 234 g/mol. The summed E-state index contributed by atoms with van der Waals surface area (Å²) in [6.45, 7) is 1.96. The number of nitrogens with zero attached hydrogens (tertiary/aromatic N) is 1. The first-order valence-electron chi connectivity index (χ1n) is 6.51. The van der Waals surface area contributed by atoms with E-state index >= 15 is 0 Å². The van der Waals surface area contributed by atoms with Gasteiger partial charge >= 0.3 is 0 Å². The van der Waals surface area contributed by atoms with E-state index < -0.39 is 0 Å². The molecule has 0 aromatic heterocycles. The number of hydrogen-bond donors (Lipinski definition) is 2. The number of nitrogens with two attached hydrogens (primary N) is 1. The summed E-state index contributed by atoms with van der Waals surface area (Å²) < 4.78 is 0. The largest absolute Gasteiger partial charge is 0.396 e. The van der Waals surface area contributed by atoms with Gasteiger partial charge < -0.3 is 15.7 Å². The lowest BCUT2D eigenvalue weighted by Crippen LogP contribution is -2.40. The first kappa shape index (κ1) is 12.4. The summed E-state index contributed by atoms with van der Waals surface area (Å²) in [5.41, 5.74) is 8.12. The van der Waals surface area contributed by atoms with Crippen molar-refractivity contribution in [2.45, 2.75) is 38.3 Å². The third-order valence-electron chi connectivity index (χ3n) is 3.57. The molecule has 1 unspecified atom stereocenters. The zero-order valence-corrected chi connectivity index (χ0v) is 10.3. The van der Waals surface area contributed by atoms with Gasteiger partial charge in [0.15, 0.2) is 0 Å². The van der Waals surface area contributed by atoms with Gasteiger partial charge in [-0.3, -0.25) is 0 Å². The van der Waals surface area contributed by atoms with Crippen LogP contribution in [0.25, 0.3) is 0 Å². The fraction of sp³-hybridized carbons (Fsp3) is 0.571. The molecule has 1 heterocycles. The van der Waals surface area contributed by atoms with Gasteiger partial charge in [0.05, 0.1) is 0 Å². The average Bonchev–Trinajstić information content (AvgIpc) is 2.40. The van der Waals surface area contributed by atoms with Crippen LogP contribution in [0.1, 0.15) is 31.2 Å². The van der Waals surface area contributed by atoms with Crippen molar-refractivity contribution in [3.8, 4) is 0 Å². The summed E-state index contributed by atoms with van der Waals surface area (Å²) in [5.74, 6) is 0. The number of piperidine rings is 1. The standard InChI is InChI=1S/C14H22N2O/c15-11-12-4-3-6-14(10-12)16-8-2-1-5-13(16)7-9-17/h3-4,6,10,13,17H,1-2,5,7-9,11,15H2. The van der Waals surface area contributed by atoms with E-state index in [0.717, 1.165) is 13.0 Å². The second-order valence-electron chi connectivity index (χ2n) is 4.73. The second kappa shape index (κ2) is 6.03. The Hall–Kier alpha value is -1.06. The van der Waals surface area contributed by atoms with E-state index in [0.29, 0.717) is 12.6 Å². The molecule has 3 nitrogen and oxygen atoms in total. The van der Waals surface area contributed by atoms with Crippen LogP contribution in [-0.2, 0) is 6.54 Å². The number of hydrogen-bond acceptors (Lipinski definition) is 3. The fourth-order valence-electron chi connectivity index (χ4n) is 2.65. The molecule has 1 aliphatic rings. The normalized spacial score (nSPS) is 20.6. The van der Waals surface area contributed by atoms with Crippen LogP contribution in [0.15, 0.2) is 24.3 Å². The molecule has 1 fully saturated rings. The van der Waals surface area contributed by atoms with Crippen molar-refractivity contribution in [2.24, 2.45) is 5.73 Å². The molecule has 0 bridgehead atoms. The van der Waals surface area contributed by atoms with Gasteiger partial charge in [-0.25, -0.2) is 0 Å². The minimum absolute atomic E-state index is 0.276. The maximum Gasteiger partial charge on any atom is 0.0450 e. The Balaban J connectivity index is 2.16. The van der Waals surface area contributed by atoms with E-state index in [2.05, 4.69) is 29.2 Å². The topological polar surface area (TPSA) is 49.5 Å². The Morgan fingerprint density at radius 1 is 1.35 bits per heavy atom. The van der Waals surface area contributed by atoms with E-state index in [1.165, 1.54) is 30.5 Å². The minimum Gasteiger partial charge on any atom is -0.396 e. The lowest BCUT2D eigenvalue weighted by atomic mass is 9.98. The van der Waals surface area contributed by atoms with Crippen LogP contribution in [0.3, 0.4) is 0 Å². The lowest BCUT2D eigenvalue weighted by molar-refractivity contribution is 0.262. The van der Waals surface area contributed by atoms with Crippen molar-refractivity contribution >= 4 is 5.69 Å². The molecular weight excluding hydrogens is 212 g/mol. The summed E-state index contributed by atoms with van der Waals surface area (Å²) in [6.07, 6.45) is 4.58. The van der Waals surface area contributed by atoms with Crippen molar-refractivity contribution in [2.75, 3.05) is 18.1 Å². The summed E-state index contributed by atoms with van der Waals surface area (Å²) in [5, 5.41) is 9.14. The Kier molecular flexibility index (Phi) is 4.40. The molecule has 0 spiro atoms. The lowest BCUT2D eigenvalue weighted by Gasteiger charge is -2.37. The van der Waals surface area contributed by atoms with Gasteiger partial charge in [-0.1, -0.05) is 12.1 Å². The smallest absolute Gasteiger partial charge is 0.0450 e. The van der Waals surface area contributed by atoms with E-state index in [1.807, 2.05) is 0 Å². The maximum atomic E-state index is 9.14. The number of rotatable bonds is 4. The molecule has 0 aliphatic carbocycles. The molecule has 0 amide bonds. The third kappa shape index (κ3) is 2.99. The molecule has 0 radical (unpaired) electrons. The van der Waals surface area contributed by atoms with Crippen molar-refractivity contribution in [1.29, 1.82) is 0 Å². The monoisotopic (exact) mass is 234 g/mol. The van der Waals surface area contributed by atoms with Gasteiger partial charge in [-0.15, -0.1) is 0 Å². The van der Waals surface area contributed by atoms with E-state index in [1.54, 1.807) is 0 Å². The van der Waals surface area contributed by atoms with Crippen LogP contribution in [0, 0.1) is 0 Å². The molecule has 3 N–H and O–H groups in total. The summed E-state index contributed by atoms with van der Waals surface area (Å²) in [7, 11) is 0. The Morgan fingerprint density at radius 2 is 2.24 bits per heavy atom. The van der Waals surface area contributed by atoms with Gasteiger partial charge in [0.25, 0.3) is 0 Å².